The lowest BCUT2D eigenvalue weighted by Crippen LogP contribution is -2.33. The van der Waals surface area contributed by atoms with Gasteiger partial charge in [0.05, 0.1) is 0 Å². The number of hydrogen-bond acceptors (Lipinski definition) is 2. The van der Waals surface area contributed by atoms with Gasteiger partial charge < -0.3 is 9.64 Å². The monoisotopic (exact) mass is 297 g/mol. The van der Waals surface area contributed by atoms with Crippen molar-refractivity contribution in [2.75, 3.05) is 13.1 Å². The van der Waals surface area contributed by atoms with Gasteiger partial charge in [-0.3, -0.25) is 0 Å². The Morgan fingerprint density at radius 3 is 2.23 bits per heavy atom. The lowest BCUT2D eigenvalue weighted by molar-refractivity contribution is 0.157. The van der Waals surface area contributed by atoms with E-state index in [4.69, 9.17) is 4.74 Å². The standard InChI is InChI=1S/C19H23NO2/c1-5-20(6-2)19(21)22-18-15(4)8-7-9-17(18)16-12-10-14(3)11-13-16/h7-13H,5-6H2,1-4H3. The smallest absolute Gasteiger partial charge is 0.409 e. The zero-order valence-electron chi connectivity index (χ0n) is 13.7. The van der Waals surface area contributed by atoms with Crippen molar-refractivity contribution in [3.63, 3.8) is 0 Å². The molecular formula is C19H23NO2. The molecule has 0 heterocycles. The van der Waals surface area contributed by atoms with Crippen LogP contribution in [0.4, 0.5) is 4.79 Å². The van der Waals surface area contributed by atoms with E-state index in [0.29, 0.717) is 18.8 Å². The number of aryl methyl sites for hydroxylation is 2. The third kappa shape index (κ3) is 3.48. The van der Waals surface area contributed by atoms with Gasteiger partial charge in [-0.15, -0.1) is 0 Å². The average Bonchev–Trinajstić information content (AvgIpc) is 2.51. The predicted molar refractivity (Wildman–Crippen MR) is 90.3 cm³/mol. The maximum absolute atomic E-state index is 12.3. The van der Waals surface area contributed by atoms with E-state index in [9.17, 15) is 4.79 Å². The Hall–Kier alpha value is -2.29. The van der Waals surface area contributed by atoms with Gasteiger partial charge in [-0.25, -0.2) is 4.79 Å². The molecule has 0 fully saturated rings. The van der Waals surface area contributed by atoms with Crippen molar-refractivity contribution in [1.82, 2.24) is 4.90 Å². The van der Waals surface area contributed by atoms with Crippen LogP contribution >= 0.6 is 0 Å². The van der Waals surface area contributed by atoms with Crippen molar-refractivity contribution in [1.29, 1.82) is 0 Å². The minimum Gasteiger partial charge on any atom is -0.409 e. The van der Waals surface area contributed by atoms with Crippen LogP contribution in [-0.2, 0) is 0 Å². The Morgan fingerprint density at radius 2 is 1.64 bits per heavy atom. The van der Waals surface area contributed by atoms with E-state index >= 15 is 0 Å². The van der Waals surface area contributed by atoms with Gasteiger partial charge in [-0.1, -0.05) is 48.0 Å². The number of para-hydroxylation sites is 1. The Bertz CT molecular complexity index is 643. The van der Waals surface area contributed by atoms with Crippen LogP contribution in [0.1, 0.15) is 25.0 Å². The molecule has 2 aromatic rings. The van der Waals surface area contributed by atoms with E-state index in [0.717, 1.165) is 16.7 Å². The fraction of sp³-hybridized carbons (Fsp3) is 0.316. The normalized spacial score (nSPS) is 10.4. The van der Waals surface area contributed by atoms with Crippen LogP contribution in [0.2, 0.25) is 0 Å². The summed E-state index contributed by atoms with van der Waals surface area (Å²) in [5.74, 6) is 0.642. The van der Waals surface area contributed by atoms with Crippen molar-refractivity contribution in [2.24, 2.45) is 0 Å². The third-order valence-electron chi connectivity index (χ3n) is 3.79. The first-order valence-corrected chi connectivity index (χ1v) is 7.70. The summed E-state index contributed by atoms with van der Waals surface area (Å²) in [4.78, 5) is 13.9. The minimum absolute atomic E-state index is 0.298. The van der Waals surface area contributed by atoms with Crippen molar-refractivity contribution >= 4 is 6.09 Å². The molecule has 0 unspecified atom stereocenters. The predicted octanol–water partition coefficient (Wildman–Crippen LogP) is 4.81. The molecular weight excluding hydrogens is 274 g/mol. The highest BCUT2D eigenvalue weighted by Gasteiger charge is 2.17. The number of rotatable bonds is 4. The van der Waals surface area contributed by atoms with E-state index in [2.05, 4.69) is 31.2 Å². The lowest BCUT2D eigenvalue weighted by atomic mass is 10.0. The molecule has 2 aromatic carbocycles. The topological polar surface area (TPSA) is 29.5 Å². The number of benzene rings is 2. The maximum Gasteiger partial charge on any atom is 0.415 e. The summed E-state index contributed by atoms with van der Waals surface area (Å²) in [6.45, 7) is 9.19. The molecule has 0 aliphatic rings. The molecule has 116 valence electrons. The number of amides is 1. The van der Waals surface area contributed by atoms with E-state index in [1.165, 1.54) is 5.56 Å². The summed E-state index contributed by atoms with van der Waals surface area (Å²) in [6, 6.07) is 14.2. The molecule has 0 radical (unpaired) electrons. The van der Waals surface area contributed by atoms with Crippen molar-refractivity contribution in [2.45, 2.75) is 27.7 Å². The summed E-state index contributed by atoms with van der Waals surface area (Å²) in [5.41, 5.74) is 4.16. The van der Waals surface area contributed by atoms with Crippen molar-refractivity contribution in [3.8, 4) is 16.9 Å². The third-order valence-corrected chi connectivity index (χ3v) is 3.79. The van der Waals surface area contributed by atoms with Crippen LogP contribution in [0.25, 0.3) is 11.1 Å². The van der Waals surface area contributed by atoms with Crippen LogP contribution in [0.5, 0.6) is 5.75 Å². The number of ether oxygens (including phenoxy) is 1. The first-order valence-electron chi connectivity index (χ1n) is 7.70. The Kier molecular flexibility index (Phi) is 5.21. The van der Waals surface area contributed by atoms with E-state index in [1.54, 1.807) is 4.90 Å². The Balaban J connectivity index is 2.39. The highest BCUT2D eigenvalue weighted by Crippen LogP contribution is 2.33. The zero-order valence-corrected chi connectivity index (χ0v) is 13.7. The van der Waals surface area contributed by atoms with Crippen LogP contribution in [0.15, 0.2) is 42.5 Å². The summed E-state index contributed by atoms with van der Waals surface area (Å²) < 4.78 is 5.69. The summed E-state index contributed by atoms with van der Waals surface area (Å²) in [6.07, 6.45) is -0.298. The molecule has 0 saturated heterocycles. The molecule has 2 rings (SSSR count). The molecule has 22 heavy (non-hydrogen) atoms. The molecule has 0 spiro atoms. The highest BCUT2D eigenvalue weighted by molar-refractivity contribution is 5.78. The van der Waals surface area contributed by atoms with Gasteiger partial charge in [0.15, 0.2) is 0 Å². The molecule has 1 amide bonds. The van der Waals surface area contributed by atoms with Gasteiger partial charge in [-0.05, 0) is 38.8 Å². The number of nitrogens with zero attached hydrogens (tertiary/aromatic N) is 1. The summed E-state index contributed by atoms with van der Waals surface area (Å²) >= 11 is 0. The van der Waals surface area contributed by atoms with E-state index in [1.807, 2.05) is 39.0 Å². The number of carbonyl (C=O) groups excluding carboxylic acids is 1. The Labute approximate surface area is 132 Å². The first-order chi connectivity index (χ1) is 10.6. The van der Waals surface area contributed by atoms with Crippen molar-refractivity contribution in [3.05, 3.63) is 53.6 Å². The zero-order chi connectivity index (χ0) is 16.1. The molecule has 0 aliphatic heterocycles. The second kappa shape index (κ2) is 7.12. The second-order valence-electron chi connectivity index (χ2n) is 5.36. The summed E-state index contributed by atoms with van der Waals surface area (Å²) in [5, 5.41) is 0. The van der Waals surface area contributed by atoms with Gasteiger partial charge in [0.1, 0.15) is 5.75 Å². The fourth-order valence-corrected chi connectivity index (χ4v) is 2.38. The summed E-state index contributed by atoms with van der Waals surface area (Å²) in [7, 11) is 0. The Morgan fingerprint density at radius 1 is 1.00 bits per heavy atom. The highest BCUT2D eigenvalue weighted by atomic mass is 16.6. The molecule has 0 aromatic heterocycles. The van der Waals surface area contributed by atoms with Gasteiger partial charge in [0, 0.05) is 18.7 Å². The van der Waals surface area contributed by atoms with E-state index in [-0.39, 0.29) is 6.09 Å². The molecule has 0 saturated carbocycles. The largest absolute Gasteiger partial charge is 0.415 e. The maximum atomic E-state index is 12.3. The molecule has 0 aliphatic carbocycles. The molecule has 0 bridgehead atoms. The first kappa shape index (κ1) is 16.1. The molecule has 0 atom stereocenters. The number of hydrogen-bond donors (Lipinski definition) is 0. The van der Waals surface area contributed by atoms with Gasteiger partial charge in [-0.2, -0.15) is 0 Å². The van der Waals surface area contributed by atoms with E-state index < -0.39 is 0 Å². The molecule has 3 heteroatoms. The fourth-order valence-electron chi connectivity index (χ4n) is 2.38. The van der Waals surface area contributed by atoms with Gasteiger partial charge >= 0.3 is 6.09 Å². The second-order valence-corrected chi connectivity index (χ2v) is 5.36. The minimum atomic E-state index is -0.298. The van der Waals surface area contributed by atoms with Crippen LogP contribution < -0.4 is 4.74 Å². The molecule has 0 N–H and O–H groups in total. The quantitative estimate of drug-likeness (QED) is 0.810. The SMILES string of the molecule is CCN(CC)C(=O)Oc1c(C)cccc1-c1ccc(C)cc1. The number of carbonyl (C=O) groups is 1. The molecule has 3 nitrogen and oxygen atoms in total. The van der Waals surface area contributed by atoms with Crippen LogP contribution in [0.3, 0.4) is 0 Å². The van der Waals surface area contributed by atoms with Crippen molar-refractivity contribution < 1.29 is 9.53 Å². The lowest BCUT2D eigenvalue weighted by Gasteiger charge is -2.20. The van der Waals surface area contributed by atoms with Gasteiger partial charge in [0.2, 0.25) is 0 Å². The van der Waals surface area contributed by atoms with Crippen LogP contribution in [-0.4, -0.2) is 24.1 Å². The average molecular weight is 297 g/mol. The van der Waals surface area contributed by atoms with Gasteiger partial charge in [0.25, 0.3) is 0 Å². The van der Waals surface area contributed by atoms with Crippen LogP contribution in [0, 0.1) is 13.8 Å².